The molecule has 0 aliphatic carbocycles. The number of nitrogens with one attached hydrogen (secondary N) is 1. The standard InChI is InChI=1S/C17H22N6O2/c24-15(14-12-23-9-3-6-18-16(23)20-14)19-13-4-10-22(11-5-13)17(25)21-7-1-2-8-21/h3,6,9,12-13H,1-2,4-5,7-8,10-11H2,(H,19,24). The van der Waals surface area contributed by atoms with Crippen LogP contribution in [0.3, 0.4) is 0 Å². The van der Waals surface area contributed by atoms with E-state index in [1.54, 1.807) is 22.9 Å². The Balaban J connectivity index is 1.32. The van der Waals surface area contributed by atoms with Crippen LogP contribution in [0.2, 0.25) is 0 Å². The molecule has 0 radical (unpaired) electrons. The van der Waals surface area contributed by atoms with Gasteiger partial charge < -0.3 is 15.1 Å². The zero-order valence-electron chi connectivity index (χ0n) is 14.1. The van der Waals surface area contributed by atoms with Crippen LogP contribution in [-0.4, -0.2) is 68.3 Å². The minimum Gasteiger partial charge on any atom is -0.348 e. The lowest BCUT2D eigenvalue weighted by Crippen LogP contribution is -2.50. The number of aromatic nitrogens is 3. The van der Waals surface area contributed by atoms with Crippen LogP contribution >= 0.6 is 0 Å². The molecule has 0 aromatic carbocycles. The Morgan fingerprint density at radius 1 is 1.08 bits per heavy atom. The zero-order chi connectivity index (χ0) is 17.2. The highest BCUT2D eigenvalue weighted by Gasteiger charge is 2.28. The third-order valence-electron chi connectivity index (χ3n) is 4.95. The highest BCUT2D eigenvalue weighted by molar-refractivity contribution is 5.92. The predicted octanol–water partition coefficient (Wildman–Crippen LogP) is 1.14. The molecule has 0 bridgehead atoms. The highest BCUT2D eigenvalue weighted by Crippen LogP contribution is 2.16. The van der Waals surface area contributed by atoms with Gasteiger partial charge in [-0.15, -0.1) is 0 Å². The zero-order valence-corrected chi connectivity index (χ0v) is 14.1. The smallest absolute Gasteiger partial charge is 0.319 e. The topological polar surface area (TPSA) is 82.8 Å². The van der Waals surface area contributed by atoms with Crippen LogP contribution < -0.4 is 5.32 Å². The van der Waals surface area contributed by atoms with Crippen molar-refractivity contribution in [1.82, 2.24) is 29.5 Å². The molecule has 25 heavy (non-hydrogen) atoms. The lowest BCUT2D eigenvalue weighted by Gasteiger charge is -2.34. The Morgan fingerprint density at radius 2 is 1.80 bits per heavy atom. The summed E-state index contributed by atoms with van der Waals surface area (Å²) in [5.74, 6) is 0.327. The van der Waals surface area contributed by atoms with Gasteiger partial charge in [0.1, 0.15) is 5.69 Å². The van der Waals surface area contributed by atoms with E-state index in [1.165, 1.54) is 0 Å². The quantitative estimate of drug-likeness (QED) is 0.887. The molecule has 2 aliphatic rings. The van der Waals surface area contributed by atoms with E-state index < -0.39 is 0 Å². The fourth-order valence-electron chi connectivity index (χ4n) is 3.52. The molecule has 8 nitrogen and oxygen atoms in total. The molecule has 2 aliphatic heterocycles. The molecule has 2 aromatic heterocycles. The highest BCUT2D eigenvalue weighted by atomic mass is 16.2. The van der Waals surface area contributed by atoms with Crippen molar-refractivity contribution in [3.63, 3.8) is 0 Å². The van der Waals surface area contributed by atoms with E-state index in [2.05, 4.69) is 15.3 Å². The molecular weight excluding hydrogens is 320 g/mol. The second-order valence-corrected chi connectivity index (χ2v) is 6.66. The molecule has 132 valence electrons. The number of carbonyl (C=O) groups is 2. The predicted molar refractivity (Wildman–Crippen MR) is 91.3 cm³/mol. The maximum Gasteiger partial charge on any atom is 0.319 e. The number of carbonyl (C=O) groups excluding carboxylic acids is 2. The van der Waals surface area contributed by atoms with E-state index in [-0.39, 0.29) is 18.0 Å². The summed E-state index contributed by atoms with van der Waals surface area (Å²) >= 11 is 0. The SMILES string of the molecule is O=C(NC1CCN(C(=O)N2CCCC2)CC1)c1cn2cccnc2n1. The summed E-state index contributed by atoms with van der Waals surface area (Å²) in [6.45, 7) is 3.12. The van der Waals surface area contributed by atoms with Crippen molar-refractivity contribution in [3.05, 3.63) is 30.4 Å². The molecule has 2 aromatic rings. The monoisotopic (exact) mass is 342 g/mol. The van der Waals surface area contributed by atoms with Gasteiger partial charge in [0, 0.05) is 50.8 Å². The van der Waals surface area contributed by atoms with Crippen LogP contribution in [0.25, 0.3) is 5.78 Å². The summed E-state index contributed by atoms with van der Waals surface area (Å²) in [5, 5.41) is 3.03. The minimum atomic E-state index is -0.185. The molecule has 1 N–H and O–H groups in total. The van der Waals surface area contributed by atoms with Crippen LogP contribution in [0.15, 0.2) is 24.7 Å². The summed E-state index contributed by atoms with van der Waals surface area (Å²) in [6.07, 6.45) is 8.90. The molecule has 4 heterocycles. The Labute approximate surface area is 145 Å². The Bertz CT molecular complexity index is 741. The van der Waals surface area contributed by atoms with Gasteiger partial charge in [-0.05, 0) is 31.7 Å². The lowest BCUT2D eigenvalue weighted by atomic mass is 10.1. The number of fused-ring (bicyclic) bond motifs is 1. The second kappa shape index (κ2) is 6.70. The van der Waals surface area contributed by atoms with Gasteiger partial charge in [-0.25, -0.2) is 14.8 Å². The Kier molecular flexibility index (Phi) is 4.25. The van der Waals surface area contributed by atoms with Crippen molar-refractivity contribution < 1.29 is 9.59 Å². The number of piperidine rings is 1. The molecule has 8 heteroatoms. The summed E-state index contributed by atoms with van der Waals surface area (Å²) in [5.41, 5.74) is 0.370. The van der Waals surface area contributed by atoms with E-state index in [9.17, 15) is 9.59 Å². The van der Waals surface area contributed by atoms with E-state index in [0.717, 1.165) is 38.8 Å². The summed E-state index contributed by atoms with van der Waals surface area (Å²) in [6, 6.07) is 2.02. The fraction of sp³-hybridized carbons (Fsp3) is 0.529. The average Bonchev–Trinajstić information content (AvgIpc) is 3.31. The number of urea groups is 1. The van der Waals surface area contributed by atoms with E-state index in [1.807, 2.05) is 16.0 Å². The van der Waals surface area contributed by atoms with Crippen LogP contribution in [0.1, 0.15) is 36.2 Å². The van der Waals surface area contributed by atoms with Gasteiger partial charge in [0.15, 0.2) is 0 Å². The summed E-state index contributed by atoms with van der Waals surface area (Å²) < 4.78 is 1.73. The van der Waals surface area contributed by atoms with E-state index in [0.29, 0.717) is 24.6 Å². The van der Waals surface area contributed by atoms with Crippen LogP contribution in [0.5, 0.6) is 0 Å². The van der Waals surface area contributed by atoms with Gasteiger partial charge in [0.05, 0.1) is 0 Å². The molecule has 2 saturated heterocycles. The maximum absolute atomic E-state index is 12.4. The molecule has 3 amide bonds. The van der Waals surface area contributed by atoms with Gasteiger partial charge in [-0.1, -0.05) is 0 Å². The van der Waals surface area contributed by atoms with E-state index in [4.69, 9.17) is 0 Å². The molecule has 2 fully saturated rings. The van der Waals surface area contributed by atoms with Gasteiger partial charge in [-0.3, -0.25) is 9.20 Å². The third-order valence-corrected chi connectivity index (χ3v) is 4.95. The van der Waals surface area contributed by atoms with Gasteiger partial charge >= 0.3 is 6.03 Å². The Morgan fingerprint density at radius 3 is 2.52 bits per heavy atom. The first-order valence-electron chi connectivity index (χ1n) is 8.85. The van der Waals surface area contributed by atoms with Crippen molar-refractivity contribution in [1.29, 1.82) is 0 Å². The molecule has 0 atom stereocenters. The first kappa shape index (κ1) is 15.9. The number of nitrogens with zero attached hydrogens (tertiary/aromatic N) is 5. The first-order chi connectivity index (χ1) is 12.2. The number of rotatable bonds is 2. The largest absolute Gasteiger partial charge is 0.348 e. The van der Waals surface area contributed by atoms with Crippen LogP contribution in [0, 0.1) is 0 Å². The van der Waals surface area contributed by atoms with Crippen molar-refractivity contribution in [2.24, 2.45) is 0 Å². The summed E-state index contributed by atoms with van der Waals surface area (Å²) in [4.78, 5) is 37.0. The van der Waals surface area contributed by atoms with Gasteiger partial charge in [0.2, 0.25) is 5.78 Å². The second-order valence-electron chi connectivity index (χ2n) is 6.66. The molecule has 4 rings (SSSR count). The first-order valence-corrected chi connectivity index (χ1v) is 8.85. The summed E-state index contributed by atoms with van der Waals surface area (Å²) in [7, 11) is 0. The molecule has 0 unspecified atom stereocenters. The third kappa shape index (κ3) is 3.29. The lowest BCUT2D eigenvalue weighted by molar-refractivity contribution is 0.0908. The van der Waals surface area contributed by atoms with Gasteiger partial charge in [-0.2, -0.15) is 0 Å². The van der Waals surface area contributed by atoms with Crippen molar-refractivity contribution in [2.45, 2.75) is 31.7 Å². The van der Waals surface area contributed by atoms with Gasteiger partial charge in [0.25, 0.3) is 5.91 Å². The van der Waals surface area contributed by atoms with Crippen molar-refractivity contribution in [2.75, 3.05) is 26.2 Å². The van der Waals surface area contributed by atoms with Crippen molar-refractivity contribution in [3.8, 4) is 0 Å². The number of imidazole rings is 1. The maximum atomic E-state index is 12.4. The Hall–Kier alpha value is -2.64. The fourth-order valence-corrected chi connectivity index (χ4v) is 3.52. The van der Waals surface area contributed by atoms with E-state index >= 15 is 0 Å². The van der Waals surface area contributed by atoms with Crippen molar-refractivity contribution >= 4 is 17.7 Å². The van der Waals surface area contributed by atoms with Crippen LogP contribution in [-0.2, 0) is 0 Å². The number of hydrogen-bond donors (Lipinski definition) is 1. The van der Waals surface area contributed by atoms with Crippen LogP contribution in [0.4, 0.5) is 4.79 Å². The number of amides is 3. The molecule has 0 saturated carbocycles. The normalized spacial score (nSPS) is 18.7. The minimum absolute atomic E-state index is 0.0768. The average molecular weight is 342 g/mol. The molecular formula is C17H22N6O2. The number of hydrogen-bond acceptors (Lipinski definition) is 4. The molecule has 0 spiro atoms. The number of likely N-dealkylation sites (tertiary alicyclic amines) is 2.